The topological polar surface area (TPSA) is 32.8 Å². The summed E-state index contributed by atoms with van der Waals surface area (Å²) in [4.78, 5) is 17.2. The van der Waals surface area contributed by atoms with E-state index in [1.807, 2.05) is 23.1 Å². The standard InChI is InChI=1S/C23H36N2O2/c1-2-3-4-9-15-21-22(20-13-7-5-8-14-20)27-23(26)25(21)19-12-18-24-16-10-6-11-17-24/h5,7-8,13-14,21-22H,2-4,6,9-12,15-19H2,1H3. The van der Waals surface area contributed by atoms with Crippen molar-refractivity contribution in [1.29, 1.82) is 0 Å². The molecule has 2 aliphatic rings. The van der Waals surface area contributed by atoms with Gasteiger partial charge in [-0.3, -0.25) is 0 Å². The molecule has 4 heteroatoms. The zero-order valence-electron chi connectivity index (χ0n) is 16.9. The second-order valence-corrected chi connectivity index (χ2v) is 8.08. The molecule has 2 unspecified atom stereocenters. The Bertz CT molecular complexity index is 557. The van der Waals surface area contributed by atoms with Gasteiger partial charge in [-0.2, -0.15) is 0 Å². The van der Waals surface area contributed by atoms with Gasteiger partial charge in [-0.15, -0.1) is 0 Å². The summed E-state index contributed by atoms with van der Waals surface area (Å²) in [5.74, 6) is 0. The lowest BCUT2D eigenvalue weighted by Gasteiger charge is -2.28. The van der Waals surface area contributed by atoms with Gasteiger partial charge in [0.25, 0.3) is 0 Å². The second kappa shape index (κ2) is 10.7. The molecule has 150 valence electrons. The maximum atomic E-state index is 12.6. The fraction of sp³-hybridized carbons (Fsp3) is 0.696. The van der Waals surface area contributed by atoms with E-state index >= 15 is 0 Å². The summed E-state index contributed by atoms with van der Waals surface area (Å²) < 4.78 is 5.85. The molecule has 2 atom stereocenters. The number of rotatable bonds is 10. The van der Waals surface area contributed by atoms with Crippen LogP contribution >= 0.6 is 0 Å². The van der Waals surface area contributed by atoms with Crippen molar-refractivity contribution in [2.75, 3.05) is 26.2 Å². The van der Waals surface area contributed by atoms with Crippen LogP contribution in [0.5, 0.6) is 0 Å². The molecule has 2 heterocycles. The van der Waals surface area contributed by atoms with Crippen LogP contribution in [0.3, 0.4) is 0 Å². The maximum absolute atomic E-state index is 12.6. The molecule has 27 heavy (non-hydrogen) atoms. The molecule has 1 aromatic carbocycles. The van der Waals surface area contributed by atoms with Crippen molar-refractivity contribution in [2.24, 2.45) is 0 Å². The van der Waals surface area contributed by atoms with E-state index in [2.05, 4.69) is 24.0 Å². The number of ether oxygens (including phenoxy) is 1. The number of carbonyl (C=O) groups is 1. The first kappa shape index (κ1) is 20.2. The van der Waals surface area contributed by atoms with Gasteiger partial charge in [-0.1, -0.05) is 69.4 Å². The summed E-state index contributed by atoms with van der Waals surface area (Å²) in [6.07, 6.45) is 10.8. The van der Waals surface area contributed by atoms with Gasteiger partial charge in [0.2, 0.25) is 0 Å². The first-order chi connectivity index (χ1) is 13.3. The molecule has 0 bridgehead atoms. The Labute approximate surface area is 164 Å². The lowest BCUT2D eigenvalue weighted by Crippen LogP contribution is -2.38. The third-order valence-electron chi connectivity index (χ3n) is 6.02. The molecule has 0 saturated carbocycles. The second-order valence-electron chi connectivity index (χ2n) is 8.08. The number of cyclic esters (lactones) is 1. The van der Waals surface area contributed by atoms with E-state index in [1.165, 1.54) is 58.0 Å². The molecule has 0 aromatic heterocycles. The van der Waals surface area contributed by atoms with Gasteiger partial charge < -0.3 is 14.5 Å². The number of likely N-dealkylation sites (tertiary alicyclic amines) is 1. The number of benzene rings is 1. The largest absolute Gasteiger partial charge is 0.439 e. The van der Waals surface area contributed by atoms with Crippen molar-refractivity contribution >= 4 is 6.09 Å². The first-order valence-electron chi connectivity index (χ1n) is 11.0. The molecule has 3 rings (SSSR count). The first-order valence-corrected chi connectivity index (χ1v) is 11.0. The number of unbranched alkanes of at least 4 members (excludes halogenated alkanes) is 3. The molecular formula is C23H36N2O2. The van der Waals surface area contributed by atoms with Gasteiger partial charge in [0.1, 0.15) is 6.10 Å². The lowest BCUT2D eigenvalue weighted by molar-refractivity contribution is 0.128. The smallest absolute Gasteiger partial charge is 0.410 e. The van der Waals surface area contributed by atoms with Crippen molar-refractivity contribution in [3.63, 3.8) is 0 Å². The minimum atomic E-state index is -0.122. The number of hydrogen-bond donors (Lipinski definition) is 0. The normalized spacial score (nSPS) is 23.6. The Morgan fingerprint density at radius 2 is 1.74 bits per heavy atom. The van der Waals surface area contributed by atoms with Gasteiger partial charge in [0.05, 0.1) is 6.04 Å². The van der Waals surface area contributed by atoms with Gasteiger partial charge in [-0.25, -0.2) is 4.79 Å². The van der Waals surface area contributed by atoms with Crippen LogP contribution in [0.15, 0.2) is 30.3 Å². The summed E-state index contributed by atoms with van der Waals surface area (Å²) >= 11 is 0. The van der Waals surface area contributed by atoms with Crippen molar-refractivity contribution in [1.82, 2.24) is 9.80 Å². The van der Waals surface area contributed by atoms with Crippen LogP contribution in [0, 0.1) is 0 Å². The average molecular weight is 373 g/mol. The summed E-state index contributed by atoms with van der Waals surface area (Å²) in [7, 11) is 0. The van der Waals surface area contributed by atoms with Crippen LogP contribution in [0.4, 0.5) is 4.79 Å². The molecule has 2 saturated heterocycles. The van der Waals surface area contributed by atoms with E-state index in [9.17, 15) is 4.79 Å². The number of piperidine rings is 1. The maximum Gasteiger partial charge on any atom is 0.410 e. The number of carbonyl (C=O) groups excluding carboxylic acids is 1. The molecule has 0 spiro atoms. The number of hydrogen-bond acceptors (Lipinski definition) is 3. The van der Waals surface area contributed by atoms with E-state index in [1.54, 1.807) is 0 Å². The van der Waals surface area contributed by atoms with Gasteiger partial charge in [0.15, 0.2) is 0 Å². The molecule has 0 N–H and O–H groups in total. The van der Waals surface area contributed by atoms with Crippen molar-refractivity contribution < 1.29 is 9.53 Å². The zero-order valence-corrected chi connectivity index (χ0v) is 16.9. The predicted molar refractivity (Wildman–Crippen MR) is 110 cm³/mol. The fourth-order valence-corrected chi connectivity index (χ4v) is 4.48. The highest BCUT2D eigenvalue weighted by molar-refractivity contribution is 5.71. The van der Waals surface area contributed by atoms with Gasteiger partial charge >= 0.3 is 6.09 Å². The van der Waals surface area contributed by atoms with E-state index in [-0.39, 0.29) is 18.2 Å². The monoisotopic (exact) mass is 372 g/mol. The Hall–Kier alpha value is -1.55. The summed E-state index contributed by atoms with van der Waals surface area (Å²) in [6, 6.07) is 10.5. The van der Waals surface area contributed by atoms with Crippen LogP contribution in [-0.2, 0) is 4.74 Å². The molecule has 1 amide bonds. The molecule has 0 aliphatic carbocycles. The number of amides is 1. The minimum absolute atomic E-state index is 0.115. The third kappa shape index (κ3) is 5.71. The van der Waals surface area contributed by atoms with E-state index in [0.717, 1.165) is 31.5 Å². The molecule has 0 radical (unpaired) electrons. The highest BCUT2D eigenvalue weighted by Crippen LogP contribution is 2.35. The Balaban J connectivity index is 1.59. The summed E-state index contributed by atoms with van der Waals surface area (Å²) in [5.41, 5.74) is 1.13. The van der Waals surface area contributed by atoms with E-state index in [0.29, 0.717) is 0 Å². The quantitative estimate of drug-likeness (QED) is 0.516. The van der Waals surface area contributed by atoms with Crippen LogP contribution in [0.2, 0.25) is 0 Å². The Morgan fingerprint density at radius 1 is 0.963 bits per heavy atom. The predicted octanol–water partition coefficient (Wildman–Crippen LogP) is 5.39. The Kier molecular flexibility index (Phi) is 8.00. The van der Waals surface area contributed by atoms with Crippen LogP contribution in [-0.4, -0.2) is 48.1 Å². The highest BCUT2D eigenvalue weighted by Gasteiger charge is 2.41. The van der Waals surface area contributed by atoms with Crippen molar-refractivity contribution in [3.05, 3.63) is 35.9 Å². The molecular weight excluding hydrogens is 336 g/mol. The summed E-state index contributed by atoms with van der Waals surface area (Å²) in [5, 5.41) is 0. The fourth-order valence-electron chi connectivity index (χ4n) is 4.48. The molecule has 4 nitrogen and oxygen atoms in total. The highest BCUT2D eigenvalue weighted by atomic mass is 16.6. The van der Waals surface area contributed by atoms with Crippen LogP contribution < -0.4 is 0 Å². The Morgan fingerprint density at radius 3 is 2.48 bits per heavy atom. The number of nitrogens with zero attached hydrogens (tertiary/aromatic N) is 2. The van der Waals surface area contributed by atoms with Crippen molar-refractivity contribution in [3.8, 4) is 0 Å². The van der Waals surface area contributed by atoms with E-state index < -0.39 is 0 Å². The van der Waals surface area contributed by atoms with Crippen molar-refractivity contribution in [2.45, 2.75) is 76.9 Å². The van der Waals surface area contributed by atoms with Gasteiger partial charge in [0, 0.05) is 6.54 Å². The zero-order chi connectivity index (χ0) is 18.9. The molecule has 1 aromatic rings. The van der Waals surface area contributed by atoms with Gasteiger partial charge in [-0.05, 0) is 50.9 Å². The SMILES string of the molecule is CCCCCCC1C(c2ccccc2)OC(=O)N1CCCN1CCCCC1. The third-order valence-corrected chi connectivity index (χ3v) is 6.02. The average Bonchev–Trinajstić information content (AvgIpc) is 3.02. The molecule has 2 aliphatic heterocycles. The van der Waals surface area contributed by atoms with Crippen LogP contribution in [0.25, 0.3) is 0 Å². The summed E-state index contributed by atoms with van der Waals surface area (Å²) in [6.45, 7) is 6.59. The van der Waals surface area contributed by atoms with E-state index in [4.69, 9.17) is 4.74 Å². The minimum Gasteiger partial charge on any atom is -0.439 e. The molecule has 2 fully saturated rings. The lowest BCUT2D eigenvalue weighted by atomic mass is 9.96. The van der Waals surface area contributed by atoms with Crippen LogP contribution in [0.1, 0.15) is 76.4 Å².